The van der Waals surface area contributed by atoms with Gasteiger partial charge >= 0.3 is 0 Å². The first kappa shape index (κ1) is 17.2. The van der Waals surface area contributed by atoms with Crippen LogP contribution in [0.4, 0.5) is 11.4 Å². The number of ether oxygens (including phenoxy) is 1. The molecule has 0 amide bonds. The maximum Gasteiger partial charge on any atom is 0.264 e. The molecule has 0 unspecified atom stereocenters. The molecule has 7 heteroatoms. The van der Waals surface area contributed by atoms with Crippen molar-refractivity contribution >= 4 is 21.4 Å². The summed E-state index contributed by atoms with van der Waals surface area (Å²) in [4.78, 5) is 2.64. The van der Waals surface area contributed by atoms with Crippen molar-refractivity contribution in [2.45, 2.75) is 11.3 Å². The lowest BCUT2D eigenvalue weighted by molar-refractivity contribution is 0.414. The largest absolute Gasteiger partial charge is 0.497 e. The first-order valence-electron chi connectivity index (χ1n) is 8.85. The zero-order valence-electron chi connectivity index (χ0n) is 14.8. The van der Waals surface area contributed by atoms with Crippen molar-refractivity contribution in [3.05, 3.63) is 48.0 Å². The molecule has 2 aromatic carbocycles. The highest BCUT2D eigenvalue weighted by Crippen LogP contribution is 2.38. The number of benzene rings is 2. The van der Waals surface area contributed by atoms with Crippen LogP contribution in [0.15, 0.2) is 47.4 Å². The minimum Gasteiger partial charge on any atom is -0.497 e. The summed E-state index contributed by atoms with van der Waals surface area (Å²) in [6.07, 6.45) is 0.741. The second kappa shape index (κ2) is 6.81. The molecule has 2 heterocycles. The lowest BCUT2D eigenvalue weighted by atomic mass is 10.1. The molecule has 0 spiro atoms. The van der Waals surface area contributed by atoms with Crippen LogP contribution in [0.1, 0.15) is 5.56 Å². The molecule has 0 aromatic heterocycles. The molecule has 1 N–H and O–H groups in total. The summed E-state index contributed by atoms with van der Waals surface area (Å²) in [6, 6.07) is 12.5. The van der Waals surface area contributed by atoms with E-state index in [9.17, 15) is 8.42 Å². The molecule has 2 aliphatic heterocycles. The van der Waals surface area contributed by atoms with E-state index in [0.29, 0.717) is 17.2 Å². The van der Waals surface area contributed by atoms with Gasteiger partial charge in [-0.25, -0.2) is 8.42 Å². The second-order valence-electron chi connectivity index (χ2n) is 6.51. The van der Waals surface area contributed by atoms with Gasteiger partial charge in [-0.1, -0.05) is 6.07 Å². The van der Waals surface area contributed by atoms with Crippen molar-refractivity contribution in [2.75, 3.05) is 49.0 Å². The summed E-state index contributed by atoms with van der Waals surface area (Å²) in [5.41, 5.74) is 3.10. The van der Waals surface area contributed by atoms with Gasteiger partial charge in [0, 0.05) is 44.0 Å². The zero-order valence-corrected chi connectivity index (χ0v) is 15.6. The predicted octanol–water partition coefficient (Wildman–Crippen LogP) is 1.86. The third-order valence-electron chi connectivity index (χ3n) is 5.07. The van der Waals surface area contributed by atoms with E-state index in [-0.39, 0.29) is 0 Å². The van der Waals surface area contributed by atoms with Crippen LogP contribution in [0.3, 0.4) is 0 Å². The minimum atomic E-state index is -3.58. The summed E-state index contributed by atoms with van der Waals surface area (Å²) < 4.78 is 33.0. The SMILES string of the molecule is COc1ccc(S(=O)(=O)N2CCc3c(N4CCNCC4)cccc32)cc1. The maximum atomic E-state index is 13.1. The molecular weight excluding hydrogens is 350 g/mol. The van der Waals surface area contributed by atoms with Crippen molar-refractivity contribution in [3.63, 3.8) is 0 Å². The Kier molecular flexibility index (Phi) is 4.50. The lowest BCUT2D eigenvalue weighted by Gasteiger charge is -2.31. The second-order valence-corrected chi connectivity index (χ2v) is 8.38. The summed E-state index contributed by atoms with van der Waals surface area (Å²) in [5, 5.41) is 3.36. The van der Waals surface area contributed by atoms with Gasteiger partial charge in [-0.15, -0.1) is 0 Å². The summed E-state index contributed by atoms with van der Waals surface area (Å²) in [5.74, 6) is 0.645. The van der Waals surface area contributed by atoms with Gasteiger partial charge < -0.3 is 15.0 Å². The van der Waals surface area contributed by atoms with Gasteiger partial charge in [0.05, 0.1) is 17.7 Å². The third kappa shape index (κ3) is 2.91. The highest BCUT2D eigenvalue weighted by Gasteiger charge is 2.33. The molecule has 0 atom stereocenters. The molecule has 26 heavy (non-hydrogen) atoms. The van der Waals surface area contributed by atoms with E-state index in [1.54, 1.807) is 31.4 Å². The van der Waals surface area contributed by atoms with Crippen molar-refractivity contribution in [2.24, 2.45) is 0 Å². The van der Waals surface area contributed by atoms with E-state index in [4.69, 9.17) is 4.74 Å². The number of rotatable bonds is 4. The quantitative estimate of drug-likeness (QED) is 0.886. The normalized spacial score (nSPS) is 17.3. The highest BCUT2D eigenvalue weighted by atomic mass is 32.2. The number of fused-ring (bicyclic) bond motifs is 1. The average Bonchev–Trinajstić information content (AvgIpc) is 3.14. The van der Waals surface area contributed by atoms with Crippen LogP contribution in [-0.4, -0.2) is 48.3 Å². The van der Waals surface area contributed by atoms with Crippen LogP contribution in [0, 0.1) is 0 Å². The van der Waals surface area contributed by atoms with E-state index in [0.717, 1.165) is 49.5 Å². The zero-order chi connectivity index (χ0) is 18.1. The van der Waals surface area contributed by atoms with Gasteiger partial charge in [-0.3, -0.25) is 4.31 Å². The molecule has 4 rings (SSSR count). The summed E-state index contributed by atoms with van der Waals surface area (Å²) in [6.45, 7) is 4.28. The summed E-state index contributed by atoms with van der Waals surface area (Å²) in [7, 11) is -2.01. The Morgan fingerprint density at radius 3 is 2.35 bits per heavy atom. The van der Waals surface area contributed by atoms with Gasteiger partial charge in [0.25, 0.3) is 10.0 Å². The van der Waals surface area contributed by atoms with E-state index in [2.05, 4.69) is 16.3 Å². The number of nitrogens with zero attached hydrogens (tertiary/aromatic N) is 2. The van der Waals surface area contributed by atoms with Crippen LogP contribution in [0.25, 0.3) is 0 Å². The minimum absolute atomic E-state index is 0.290. The monoisotopic (exact) mass is 373 g/mol. The molecule has 1 fully saturated rings. The number of hydrogen-bond acceptors (Lipinski definition) is 5. The van der Waals surface area contributed by atoms with Crippen molar-refractivity contribution in [1.29, 1.82) is 0 Å². The summed E-state index contributed by atoms with van der Waals surface area (Å²) >= 11 is 0. The van der Waals surface area contributed by atoms with Crippen molar-refractivity contribution < 1.29 is 13.2 Å². The Morgan fingerprint density at radius 1 is 0.962 bits per heavy atom. The smallest absolute Gasteiger partial charge is 0.264 e. The Hall–Kier alpha value is -2.25. The van der Waals surface area contributed by atoms with Crippen LogP contribution >= 0.6 is 0 Å². The number of piperazine rings is 1. The maximum absolute atomic E-state index is 13.1. The molecule has 0 saturated carbocycles. The molecular formula is C19H23N3O3S. The Bertz CT molecular complexity index is 891. The fraction of sp³-hybridized carbons (Fsp3) is 0.368. The van der Waals surface area contributed by atoms with E-state index in [1.165, 1.54) is 4.31 Å². The fourth-order valence-corrected chi connectivity index (χ4v) is 5.21. The molecule has 0 aliphatic carbocycles. The Morgan fingerprint density at radius 2 is 1.65 bits per heavy atom. The van der Waals surface area contributed by atoms with Gasteiger partial charge in [-0.05, 0) is 42.8 Å². The van der Waals surface area contributed by atoms with Crippen LogP contribution in [0.5, 0.6) is 5.75 Å². The van der Waals surface area contributed by atoms with Crippen LogP contribution in [-0.2, 0) is 16.4 Å². The standard InChI is InChI=1S/C19H23N3O3S/c1-25-15-5-7-16(8-6-15)26(23,24)22-12-9-17-18(3-2-4-19(17)22)21-13-10-20-11-14-21/h2-8,20H,9-14H2,1H3. The molecule has 2 aliphatic rings. The Balaban J connectivity index is 1.68. The topological polar surface area (TPSA) is 61.9 Å². The van der Waals surface area contributed by atoms with Gasteiger partial charge in [0.15, 0.2) is 0 Å². The van der Waals surface area contributed by atoms with E-state index in [1.807, 2.05) is 12.1 Å². The van der Waals surface area contributed by atoms with Gasteiger partial charge in [0.2, 0.25) is 0 Å². The molecule has 2 aromatic rings. The Labute approximate surface area is 154 Å². The number of anilines is 2. The number of hydrogen-bond donors (Lipinski definition) is 1. The average molecular weight is 373 g/mol. The van der Waals surface area contributed by atoms with Crippen molar-refractivity contribution in [1.82, 2.24) is 5.32 Å². The molecule has 138 valence electrons. The molecule has 0 bridgehead atoms. The lowest BCUT2D eigenvalue weighted by Crippen LogP contribution is -2.43. The highest BCUT2D eigenvalue weighted by molar-refractivity contribution is 7.92. The third-order valence-corrected chi connectivity index (χ3v) is 6.89. The molecule has 1 saturated heterocycles. The van der Waals surface area contributed by atoms with Gasteiger partial charge in [-0.2, -0.15) is 0 Å². The van der Waals surface area contributed by atoms with Gasteiger partial charge in [0.1, 0.15) is 5.75 Å². The predicted molar refractivity (Wildman–Crippen MR) is 103 cm³/mol. The molecule has 6 nitrogen and oxygen atoms in total. The molecule has 0 radical (unpaired) electrons. The van der Waals surface area contributed by atoms with Crippen LogP contribution in [0.2, 0.25) is 0 Å². The van der Waals surface area contributed by atoms with Crippen LogP contribution < -0.4 is 19.3 Å². The van der Waals surface area contributed by atoms with E-state index < -0.39 is 10.0 Å². The fourth-order valence-electron chi connectivity index (χ4n) is 3.71. The van der Waals surface area contributed by atoms with E-state index >= 15 is 0 Å². The number of methoxy groups -OCH3 is 1. The number of nitrogens with one attached hydrogen (secondary N) is 1. The number of sulfonamides is 1. The first-order valence-corrected chi connectivity index (χ1v) is 10.3. The first-order chi connectivity index (χ1) is 12.6. The van der Waals surface area contributed by atoms with Crippen molar-refractivity contribution in [3.8, 4) is 5.75 Å².